The molecule has 49 heavy (non-hydrogen) atoms. The number of unbranched alkanes of at least 4 members (excludes halogenated alkanes) is 25. The molecule has 0 aliphatic carbocycles. The predicted molar refractivity (Wildman–Crippen MR) is 206 cm³/mol. The van der Waals surface area contributed by atoms with Crippen molar-refractivity contribution in [3.05, 3.63) is 0 Å². The fourth-order valence-electron chi connectivity index (χ4n) is 6.27. The molecule has 0 aromatic carbocycles. The molecule has 0 aliphatic rings. The summed E-state index contributed by atoms with van der Waals surface area (Å²) in [5, 5.41) is 0. The van der Waals surface area contributed by atoms with Crippen molar-refractivity contribution in [2.24, 2.45) is 5.92 Å². The second-order valence-corrected chi connectivity index (χ2v) is 15.1. The molecule has 6 heteroatoms. The monoisotopic (exact) mass is 695 g/mol. The number of esters is 3. The van der Waals surface area contributed by atoms with Crippen LogP contribution in [0.1, 0.15) is 233 Å². The van der Waals surface area contributed by atoms with E-state index in [1.807, 2.05) is 0 Å². The number of carbonyl (C=O) groups excluding carboxylic acids is 3. The van der Waals surface area contributed by atoms with E-state index in [1.165, 1.54) is 128 Å². The molecule has 0 fully saturated rings. The lowest BCUT2D eigenvalue weighted by Gasteiger charge is -2.18. The third-order valence-electron chi connectivity index (χ3n) is 9.54. The summed E-state index contributed by atoms with van der Waals surface area (Å²) in [6, 6.07) is 0. The van der Waals surface area contributed by atoms with Crippen molar-refractivity contribution in [2.75, 3.05) is 13.2 Å². The van der Waals surface area contributed by atoms with E-state index >= 15 is 0 Å². The van der Waals surface area contributed by atoms with Gasteiger partial charge in [0.25, 0.3) is 0 Å². The zero-order chi connectivity index (χ0) is 36.0. The average molecular weight is 695 g/mol. The van der Waals surface area contributed by atoms with Crippen LogP contribution in [0.5, 0.6) is 0 Å². The summed E-state index contributed by atoms with van der Waals surface area (Å²) in [6.45, 7) is 8.91. The molecule has 0 aliphatic heterocycles. The lowest BCUT2D eigenvalue weighted by molar-refractivity contribution is -0.167. The summed E-state index contributed by atoms with van der Waals surface area (Å²) in [6.07, 6.45) is 35.2. The number of ether oxygens (including phenoxy) is 3. The van der Waals surface area contributed by atoms with Crippen molar-refractivity contribution >= 4 is 17.9 Å². The minimum Gasteiger partial charge on any atom is -0.462 e. The van der Waals surface area contributed by atoms with E-state index in [0.717, 1.165) is 63.7 Å². The van der Waals surface area contributed by atoms with Gasteiger partial charge in [0, 0.05) is 19.3 Å². The van der Waals surface area contributed by atoms with Crippen LogP contribution in [0.4, 0.5) is 0 Å². The molecule has 0 aromatic rings. The molecule has 0 rings (SSSR count). The first kappa shape index (κ1) is 47.4. The van der Waals surface area contributed by atoms with Crippen molar-refractivity contribution in [1.29, 1.82) is 0 Å². The van der Waals surface area contributed by atoms with Crippen LogP contribution in [0.15, 0.2) is 0 Å². The van der Waals surface area contributed by atoms with Crippen molar-refractivity contribution in [1.82, 2.24) is 0 Å². The molecule has 0 unspecified atom stereocenters. The van der Waals surface area contributed by atoms with Crippen molar-refractivity contribution in [2.45, 2.75) is 239 Å². The second-order valence-electron chi connectivity index (χ2n) is 15.1. The quantitative estimate of drug-likeness (QED) is 0.0364. The first-order valence-electron chi connectivity index (χ1n) is 21.4. The molecule has 0 bridgehead atoms. The Morgan fingerprint density at radius 2 is 0.673 bits per heavy atom. The lowest BCUT2D eigenvalue weighted by Crippen LogP contribution is -2.30. The Kier molecular flexibility index (Phi) is 36.4. The molecule has 6 nitrogen and oxygen atoms in total. The summed E-state index contributed by atoms with van der Waals surface area (Å²) in [5.74, 6) is -0.0816. The van der Waals surface area contributed by atoms with Crippen LogP contribution in [0.3, 0.4) is 0 Å². The Morgan fingerprint density at radius 3 is 1.00 bits per heavy atom. The SMILES string of the molecule is CCCCCCCCCCCCCCC(=O)O[C@@H](COC(=O)CCCCCCCCCCC)COC(=O)CCCCCCCCCC(C)C. The largest absolute Gasteiger partial charge is 0.462 e. The number of hydrogen-bond acceptors (Lipinski definition) is 6. The minimum atomic E-state index is -0.758. The van der Waals surface area contributed by atoms with Crippen LogP contribution < -0.4 is 0 Å². The zero-order valence-electron chi connectivity index (χ0n) is 33.1. The van der Waals surface area contributed by atoms with Crippen molar-refractivity contribution in [3.8, 4) is 0 Å². The van der Waals surface area contributed by atoms with E-state index < -0.39 is 6.10 Å². The smallest absolute Gasteiger partial charge is 0.306 e. The molecule has 290 valence electrons. The van der Waals surface area contributed by atoms with Gasteiger partial charge >= 0.3 is 17.9 Å². The molecule has 1 atom stereocenters. The first-order chi connectivity index (χ1) is 23.9. The standard InChI is InChI=1S/C43H82O6/c1-5-7-9-11-13-15-16-17-19-23-28-32-36-43(46)49-40(37-47-41(44)34-30-26-22-18-14-12-10-8-6-2)38-48-42(45)35-31-27-24-20-21-25-29-33-39(3)4/h39-40H,5-38H2,1-4H3/t40-/m0/s1. The first-order valence-corrected chi connectivity index (χ1v) is 21.4. The second kappa shape index (κ2) is 37.7. The van der Waals surface area contributed by atoms with E-state index in [2.05, 4.69) is 27.7 Å². The van der Waals surface area contributed by atoms with Gasteiger partial charge in [0.2, 0.25) is 0 Å². The maximum absolute atomic E-state index is 12.6. The number of hydrogen-bond donors (Lipinski definition) is 0. The fraction of sp³-hybridized carbons (Fsp3) is 0.930. The summed E-state index contributed by atoms with van der Waals surface area (Å²) in [7, 11) is 0. The van der Waals surface area contributed by atoms with Gasteiger partial charge in [0.05, 0.1) is 0 Å². The van der Waals surface area contributed by atoms with Crippen LogP contribution >= 0.6 is 0 Å². The van der Waals surface area contributed by atoms with Gasteiger partial charge in [-0.05, 0) is 25.2 Å². The van der Waals surface area contributed by atoms with Crippen LogP contribution in [0.25, 0.3) is 0 Å². The fourth-order valence-corrected chi connectivity index (χ4v) is 6.27. The van der Waals surface area contributed by atoms with E-state index in [-0.39, 0.29) is 31.1 Å². The Balaban J connectivity index is 4.34. The Labute approximate surface area is 304 Å². The van der Waals surface area contributed by atoms with Crippen LogP contribution in [-0.4, -0.2) is 37.2 Å². The summed E-state index contributed by atoms with van der Waals surface area (Å²) in [4.78, 5) is 37.5. The molecule has 0 aromatic heterocycles. The van der Waals surface area contributed by atoms with Gasteiger partial charge in [0.15, 0.2) is 6.10 Å². The third kappa shape index (κ3) is 37.5. The lowest BCUT2D eigenvalue weighted by atomic mass is 10.0. The molecule has 0 heterocycles. The van der Waals surface area contributed by atoms with Gasteiger partial charge < -0.3 is 14.2 Å². The maximum atomic E-state index is 12.6. The van der Waals surface area contributed by atoms with E-state index in [1.54, 1.807) is 0 Å². The highest BCUT2D eigenvalue weighted by molar-refractivity contribution is 5.71. The van der Waals surface area contributed by atoms with Gasteiger partial charge in [-0.1, -0.05) is 195 Å². The molecule has 0 N–H and O–H groups in total. The molecule has 0 amide bonds. The van der Waals surface area contributed by atoms with Gasteiger partial charge in [-0.25, -0.2) is 0 Å². The van der Waals surface area contributed by atoms with Crippen molar-refractivity contribution < 1.29 is 28.6 Å². The Hall–Kier alpha value is -1.59. The number of rotatable bonds is 38. The molecular weight excluding hydrogens is 612 g/mol. The normalized spacial score (nSPS) is 11.9. The van der Waals surface area contributed by atoms with Crippen LogP contribution in [0.2, 0.25) is 0 Å². The molecule has 0 saturated heterocycles. The molecule has 0 radical (unpaired) electrons. The molecular formula is C43H82O6. The number of carbonyl (C=O) groups is 3. The Bertz CT molecular complexity index is 736. The highest BCUT2D eigenvalue weighted by Crippen LogP contribution is 2.15. The topological polar surface area (TPSA) is 78.9 Å². The summed E-state index contributed by atoms with van der Waals surface area (Å²) < 4.78 is 16.6. The van der Waals surface area contributed by atoms with E-state index in [0.29, 0.717) is 19.3 Å². The third-order valence-corrected chi connectivity index (χ3v) is 9.54. The minimum absolute atomic E-state index is 0.0649. The summed E-state index contributed by atoms with van der Waals surface area (Å²) >= 11 is 0. The highest BCUT2D eigenvalue weighted by atomic mass is 16.6. The van der Waals surface area contributed by atoms with Gasteiger partial charge in [0.1, 0.15) is 13.2 Å². The van der Waals surface area contributed by atoms with E-state index in [4.69, 9.17) is 14.2 Å². The van der Waals surface area contributed by atoms with Crippen LogP contribution in [-0.2, 0) is 28.6 Å². The van der Waals surface area contributed by atoms with Crippen molar-refractivity contribution in [3.63, 3.8) is 0 Å². The van der Waals surface area contributed by atoms with Gasteiger partial charge in [-0.15, -0.1) is 0 Å². The van der Waals surface area contributed by atoms with Gasteiger partial charge in [-0.2, -0.15) is 0 Å². The summed E-state index contributed by atoms with van der Waals surface area (Å²) in [5.41, 5.74) is 0. The Morgan fingerprint density at radius 1 is 0.388 bits per heavy atom. The molecule has 0 saturated carbocycles. The van der Waals surface area contributed by atoms with Crippen LogP contribution in [0, 0.1) is 5.92 Å². The maximum Gasteiger partial charge on any atom is 0.306 e. The molecule has 0 spiro atoms. The van der Waals surface area contributed by atoms with Gasteiger partial charge in [-0.3, -0.25) is 14.4 Å². The zero-order valence-corrected chi connectivity index (χ0v) is 33.1. The van der Waals surface area contributed by atoms with E-state index in [9.17, 15) is 14.4 Å². The highest BCUT2D eigenvalue weighted by Gasteiger charge is 2.19. The average Bonchev–Trinajstić information content (AvgIpc) is 3.08. The predicted octanol–water partition coefficient (Wildman–Crippen LogP) is 13.2.